The summed E-state index contributed by atoms with van der Waals surface area (Å²) in [5.74, 6) is -1.47. The van der Waals surface area contributed by atoms with Crippen LogP contribution in [0.3, 0.4) is 0 Å². The Hall–Kier alpha value is -0.620. The lowest BCUT2D eigenvalue weighted by Gasteiger charge is -2.20. The maximum absolute atomic E-state index is 10.6. The number of aliphatic carboxylic acids is 1. The number of carboxylic acid groups (broad SMARTS) is 1. The molecule has 1 unspecified atom stereocenters. The molecule has 1 atom stereocenters. The molecule has 0 aliphatic rings. The van der Waals surface area contributed by atoms with Gasteiger partial charge in [0.1, 0.15) is 10.7 Å². The van der Waals surface area contributed by atoms with Crippen LogP contribution in [-0.2, 0) is 15.5 Å². The monoisotopic (exact) mass is 195 g/mol. The van der Waals surface area contributed by atoms with Crippen LogP contribution in [0.4, 0.5) is 0 Å². The zero-order chi connectivity index (χ0) is 9.78. The van der Waals surface area contributed by atoms with E-state index in [2.05, 4.69) is 0 Å². The standard InChI is InChI=1S/C6H13NO4S/c1-6(2-3-7,5(8)9)4-12(10)11/h12H,2-4,7H2,1H3,(H,8,9). The molecule has 0 bridgehead atoms. The molecule has 0 aromatic heterocycles. The van der Waals surface area contributed by atoms with E-state index in [0.29, 0.717) is 0 Å². The fraction of sp³-hybridized carbons (Fsp3) is 0.833. The van der Waals surface area contributed by atoms with Crippen molar-refractivity contribution >= 4 is 16.7 Å². The molecule has 0 saturated heterocycles. The first-order valence-electron chi connectivity index (χ1n) is 3.47. The van der Waals surface area contributed by atoms with Gasteiger partial charge in [-0.2, -0.15) is 0 Å². The second-order valence-corrected chi connectivity index (χ2v) is 3.88. The maximum Gasteiger partial charge on any atom is 0.310 e. The van der Waals surface area contributed by atoms with Gasteiger partial charge in [0.05, 0.1) is 11.2 Å². The summed E-state index contributed by atoms with van der Waals surface area (Å²) in [5, 5.41) is 8.69. The predicted octanol–water partition coefficient (Wildman–Crippen LogP) is -0.962. The maximum atomic E-state index is 10.6. The number of nitrogens with two attached hydrogens (primary N) is 1. The Morgan fingerprint density at radius 1 is 1.58 bits per heavy atom. The van der Waals surface area contributed by atoms with Gasteiger partial charge in [-0.05, 0) is 19.9 Å². The number of rotatable bonds is 5. The average molecular weight is 195 g/mol. The Bertz CT molecular complexity index is 230. The van der Waals surface area contributed by atoms with Gasteiger partial charge in [-0.1, -0.05) is 0 Å². The molecular weight excluding hydrogens is 182 g/mol. The summed E-state index contributed by atoms with van der Waals surface area (Å²) < 4.78 is 20.7. The third kappa shape index (κ3) is 3.19. The highest BCUT2D eigenvalue weighted by molar-refractivity contribution is 7.72. The summed E-state index contributed by atoms with van der Waals surface area (Å²) in [4.78, 5) is 10.6. The smallest absolute Gasteiger partial charge is 0.310 e. The SMILES string of the molecule is CC(CCN)(C[SH](=O)=O)C(=O)O. The van der Waals surface area contributed by atoms with Crippen molar-refractivity contribution in [1.82, 2.24) is 0 Å². The molecule has 3 N–H and O–H groups in total. The van der Waals surface area contributed by atoms with Crippen LogP contribution in [0.1, 0.15) is 13.3 Å². The molecule has 0 heterocycles. The van der Waals surface area contributed by atoms with Crippen molar-refractivity contribution in [3.05, 3.63) is 0 Å². The van der Waals surface area contributed by atoms with Crippen LogP contribution < -0.4 is 5.73 Å². The Labute approximate surface area is 72.5 Å². The van der Waals surface area contributed by atoms with Gasteiger partial charge >= 0.3 is 5.97 Å². The fourth-order valence-electron chi connectivity index (χ4n) is 0.857. The molecule has 0 aromatic rings. The molecule has 0 rings (SSSR count). The van der Waals surface area contributed by atoms with Crippen molar-refractivity contribution in [1.29, 1.82) is 0 Å². The minimum Gasteiger partial charge on any atom is -0.481 e. The van der Waals surface area contributed by atoms with Gasteiger partial charge in [-0.3, -0.25) is 4.79 Å². The third-order valence-electron chi connectivity index (χ3n) is 1.69. The van der Waals surface area contributed by atoms with E-state index in [-0.39, 0.29) is 18.7 Å². The van der Waals surface area contributed by atoms with Gasteiger partial charge in [-0.25, -0.2) is 8.42 Å². The summed E-state index contributed by atoms with van der Waals surface area (Å²) in [5.41, 5.74) is 3.94. The summed E-state index contributed by atoms with van der Waals surface area (Å²) in [6.07, 6.45) is 0.172. The second kappa shape index (κ2) is 4.42. The molecule has 0 aromatic carbocycles. The number of carbonyl (C=O) groups is 1. The first-order valence-corrected chi connectivity index (χ1v) is 4.84. The lowest BCUT2D eigenvalue weighted by molar-refractivity contribution is -0.146. The number of thiol groups is 1. The van der Waals surface area contributed by atoms with Crippen LogP contribution in [0.25, 0.3) is 0 Å². The number of hydrogen-bond acceptors (Lipinski definition) is 4. The summed E-state index contributed by atoms with van der Waals surface area (Å²) in [6, 6.07) is 0. The van der Waals surface area contributed by atoms with Gasteiger partial charge < -0.3 is 10.8 Å². The minimum absolute atomic E-state index is 0.172. The first kappa shape index (κ1) is 11.4. The van der Waals surface area contributed by atoms with Crippen LogP contribution in [0.2, 0.25) is 0 Å². The van der Waals surface area contributed by atoms with E-state index in [9.17, 15) is 13.2 Å². The van der Waals surface area contributed by atoms with Crippen LogP contribution in [-0.4, -0.2) is 31.8 Å². The van der Waals surface area contributed by atoms with Crippen molar-refractivity contribution in [3.8, 4) is 0 Å². The lowest BCUT2D eigenvalue weighted by Crippen LogP contribution is -2.34. The van der Waals surface area contributed by atoms with Crippen molar-refractivity contribution in [2.45, 2.75) is 13.3 Å². The largest absolute Gasteiger partial charge is 0.481 e. The normalized spacial score (nSPS) is 15.9. The van der Waals surface area contributed by atoms with Crippen LogP contribution in [0, 0.1) is 5.41 Å². The Morgan fingerprint density at radius 3 is 2.33 bits per heavy atom. The van der Waals surface area contributed by atoms with E-state index in [1.54, 1.807) is 0 Å². The van der Waals surface area contributed by atoms with Gasteiger partial charge in [0.2, 0.25) is 0 Å². The second-order valence-electron chi connectivity index (χ2n) is 2.90. The summed E-state index contributed by atoms with van der Waals surface area (Å²) >= 11 is 0. The Kier molecular flexibility index (Phi) is 4.19. The van der Waals surface area contributed by atoms with Gasteiger partial charge in [-0.15, -0.1) is 0 Å². The van der Waals surface area contributed by atoms with E-state index in [4.69, 9.17) is 10.8 Å². The molecule has 6 heteroatoms. The summed E-state index contributed by atoms with van der Waals surface area (Å²) in [7, 11) is -2.67. The lowest BCUT2D eigenvalue weighted by atomic mass is 9.89. The molecule has 0 spiro atoms. The van der Waals surface area contributed by atoms with Crippen molar-refractivity contribution in [2.24, 2.45) is 11.1 Å². The van der Waals surface area contributed by atoms with Gasteiger partial charge in [0, 0.05) is 0 Å². The van der Waals surface area contributed by atoms with Crippen LogP contribution in [0.5, 0.6) is 0 Å². The van der Waals surface area contributed by atoms with E-state index in [1.165, 1.54) is 6.92 Å². The molecule has 12 heavy (non-hydrogen) atoms. The Balaban J connectivity index is 4.49. The zero-order valence-electron chi connectivity index (χ0n) is 6.82. The van der Waals surface area contributed by atoms with Crippen molar-refractivity contribution < 1.29 is 18.3 Å². The molecule has 72 valence electrons. The topological polar surface area (TPSA) is 97.5 Å². The fourth-order valence-corrected chi connectivity index (χ4v) is 1.72. The average Bonchev–Trinajstić information content (AvgIpc) is 1.85. The highest BCUT2D eigenvalue weighted by atomic mass is 32.2. The zero-order valence-corrected chi connectivity index (χ0v) is 7.71. The summed E-state index contributed by atoms with van der Waals surface area (Å²) in [6.45, 7) is 1.55. The first-order chi connectivity index (χ1) is 5.42. The molecule has 0 fully saturated rings. The predicted molar refractivity (Wildman–Crippen MR) is 44.6 cm³/mol. The molecule has 0 saturated carbocycles. The quantitative estimate of drug-likeness (QED) is 0.491. The third-order valence-corrected chi connectivity index (χ3v) is 2.65. The molecule has 0 radical (unpaired) electrons. The molecule has 0 amide bonds. The van der Waals surface area contributed by atoms with E-state index in [1.807, 2.05) is 0 Å². The van der Waals surface area contributed by atoms with E-state index in [0.717, 1.165) is 0 Å². The van der Waals surface area contributed by atoms with Crippen LogP contribution in [0.15, 0.2) is 0 Å². The van der Waals surface area contributed by atoms with E-state index < -0.39 is 22.1 Å². The highest BCUT2D eigenvalue weighted by Crippen LogP contribution is 2.20. The van der Waals surface area contributed by atoms with Crippen molar-refractivity contribution in [2.75, 3.05) is 12.3 Å². The minimum atomic E-state index is -2.67. The van der Waals surface area contributed by atoms with Gasteiger partial charge in [0.15, 0.2) is 0 Å². The highest BCUT2D eigenvalue weighted by Gasteiger charge is 2.33. The molecule has 0 aliphatic carbocycles. The number of hydrogen-bond donors (Lipinski definition) is 3. The molecule has 5 nitrogen and oxygen atoms in total. The van der Waals surface area contributed by atoms with Gasteiger partial charge in [0.25, 0.3) is 0 Å². The number of carboxylic acids is 1. The van der Waals surface area contributed by atoms with E-state index >= 15 is 0 Å². The Morgan fingerprint density at radius 2 is 2.08 bits per heavy atom. The molecular formula is C6H13NO4S. The van der Waals surface area contributed by atoms with Crippen LogP contribution >= 0.6 is 0 Å². The molecule has 0 aliphatic heterocycles. The van der Waals surface area contributed by atoms with Crippen molar-refractivity contribution in [3.63, 3.8) is 0 Å².